The van der Waals surface area contributed by atoms with Crippen molar-refractivity contribution in [1.82, 2.24) is 0 Å². The lowest BCUT2D eigenvalue weighted by atomic mass is 10.1. The van der Waals surface area contributed by atoms with Gasteiger partial charge in [0.05, 0.1) is 18.6 Å². The first-order chi connectivity index (χ1) is 14.9. The van der Waals surface area contributed by atoms with E-state index in [9.17, 15) is 19.2 Å². The van der Waals surface area contributed by atoms with Gasteiger partial charge in [-0.25, -0.2) is 4.79 Å². The summed E-state index contributed by atoms with van der Waals surface area (Å²) in [6.07, 6.45) is 0.759. The summed E-state index contributed by atoms with van der Waals surface area (Å²) >= 11 is 0. The highest BCUT2D eigenvalue weighted by Crippen LogP contribution is 2.26. The predicted molar refractivity (Wildman–Crippen MR) is 114 cm³/mol. The third-order valence-corrected chi connectivity index (χ3v) is 5.08. The number of rotatable bonds is 7. The lowest BCUT2D eigenvalue weighted by molar-refractivity contribution is -0.151. The summed E-state index contributed by atoms with van der Waals surface area (Å²) in [4.78, 5) is 49.9. The van der Waals surface area contributed by atoms with Crippen LogP contribution in [0.15, 0.2) is 48.5 Å². The van der Waals surface area contributed by atoms with E-state index in [1.807, 2.05) is 25.1 Å². The van der Waals surface area contributed by atoms with Crippen molar-refractivity contribution in [1.29, 1.82) is 0 Å². The van der Waals surface area contributed by atoms with Crippen molar-refractivity contribution in [2.75, 3.05) is 30.5 Å². The van der Waals surface area contributed by atoms with Crippen LogP contribution >= 0.6 is 0 Å². The van der Waals surface area contributed by atoms with Crippen LogP contribution < -0.4 is 10.2 Å². The van der Waals surface area contributed by atoms with Crippen LogP contribution in [0.4, 0.5) is 11.4 Å². The Labute approximate surface area is 180 Å². The molecule has 0 radical (unpaired) electrons. The van der Waals surface area contributed by atoms with E-state index in [1.165, 1.54) is 12.0 Å². The van der Waals surface area contributed by atoms with Gasteiger partial charge in [0.1, 0.15) is 0 Å². The Kier molecular flexibility index (Phi) is 7.02. The highest BCUT2D eigenvalue weighted by atomic mass is 16.5. The van der Waals surface area contributed by atoms with Crippen LogP contribution in [-0.2, 0) is 30.3 Å². The molecule has 2 aromatic rings. The summed E-state index contributed by atoms with van der Waals surface area (Å²) < 4.78 is 9.79. The number of carbonyl (C=O) groups is 4. The van der Waals surface area contributed by atoms with Crippen LogP contribution in [0, 0.1) is 5.92 Å². The topological polar surface area (TPSA) is 102 Å². The molecule has 2 aromatic carbocycles. The second-order valence-electron chi connectivity index (χ2n) is 7.11. The minimum Gasteiger partial charge on any atom is -0.465 e. The van der Waals surface area contributed by atoms with Crippen LogP contribution in [0.5, 0.6) is 0 Å². The van der Waals surface area contributed by atoms with Gasteiger partial charge < -0.3 is 19.7 Å². The third-order valence-electron chi connectivity index (χ3n) is 5.08. The lowest BCUT2D eigenvalue weighted by Gasteiger charge is -2.17. The van der Waals surface area contributed by atoms with E-state index < -0.39 is 30.4 Å². The molecule has 0 spiro atoms. The SMILES string of the molecule is CCc1ccccc1NC(=O)COC(=O)[C@@H]1CC(=O)N(c2ccc(C(=O)OC)cc2)C1. The minimum absolute atomic E-state index is 0.00211. The largest absolute Gasteiger partial charge is 0.465 e. The van der Waals surface area contributed by atoms with Crippen molar-refractivity contribution >= 4 is 35.1 Å². The van der Waals surface area contributed by atoms with Crippen LogP contribution in [0.2, 0.25) is 0 Å². The van der Waals surface area contributed by atoms with Gasteiger partial charge in [-0.05, 0) is 42.3 Å². The number of amides is 2. The molecule has 1 saturated heterocycles. The number of benzene rings is 2. The maximum Gasteiger partial charge on any atom is 0.337 e. The number of para-hydroxylation sites is 1. The lowest BCUT2D eigenvalue weighted by Crippen LogP contribution is -2.28. The molecular weight excluding hydrogens is 400 g/mol. The fourth-order valence-corrected chi connectivity index (χ4v) is 3.40. The molecule has 0 unspecified atom stereocenters. The van der Waals surface area contributed by atoms with Gasteiger partial charge in [-0.3, -0.25) is 14.4 Å². The summed E-state index contributed by atoms with van der Waals surface area (Å²) in [5, 5.41) is 2.74. The first-order valence-corrected chi connectivity index (χ1v) is 9.96. The zero-order valence-electron chi connectivity index (χ0n) is 17.4. The molecule has 1 N–H and O–H groups in total. The van der Waals surface area contributed by atoms with E-state index in [2.05, 4.69) is 10.1 Å². The number of aryl methyl sites for hydroxylation is 1. The molecule has 162 valence electrons. The number of ether oxygens (including phenoxy) is 2. The number of nitrogens with one attached hydrogen (secondary N) is 1. The minimum atomic E-state index is -0.663. The van der Waals surface area contributed by atoms with E-state index in [4.69, 9.17) is 4.74 Å². The van der Waals surface area contributed by atoms with Crippen molar-refractivity contribution in [3.63, 3.8) is 0 Å². The molecule has 3 rings (SSSR count). The molecule has 1 atom stereocenters. The number of carbonyl (C=O) groups excluding carboxylic acids is 4. The molecule has 0 bridgehead atoms. The molecule has 8 heteroatoms. The van der Waals surface area contributed by atoms with E-state index >= 15 is 0 Å². The first-order valence-electron chi connectivity index (χ1n) is 9.96. The smallest absolute Gasteiger partial charge is 0.337 e. The number of hydrogen-bond donors (Lipinski definition) is 1. The molecule has 1 heterocycles. The van der Waals surface area contributed by atoms with Crippen LogP contribution in [-0.4, -0.2) is 44.0 Å². The number of esters is 2. The number of hydrogen-bond acceptors (Lipinski definition) is 6. The van der Waals surface area contributed by atoms with Gasteiger partial charge in [0.2, 0.25) is 5.91 Å². The Bertz CT molecular complexity index is 986. The summed E-state index contributed by atoms with van der Waals surface area (Å²) in [5.41, 5.74) is 2.60. The molecule has 0 aliphatic carbocycles. The molecule has 1 aliphatic heterocycles. The Morgan fingerprint density at radius 1 is 1.10 bits per heavy atom. The van der Waals surface area contributed by atoms with E-state index in [1.54, 1.807) is 30.3 Å². The van der Waals surface area contributed by atoms with Crippen molar-refractivity contribution in [2.45, 2.75) is 19.8 Å². The average molecular weight is 424 g/mol. The molecular formula is C23H24N2O6. The van der Waals surface area contributed by atoms with Crippen molar-refractivity contribution in [3.05, 3.63) is 59.7 Å². The highest BCUT2D eigenvalue weighted by molar-refractivity contribution is 6.00. The van der Waals surface area contributed by atoms with Gasteiger partial charge in [0, 0.05) is 24.3 Å². The highest BCUT2D eigenvalue weighted by Gasteiger charge is 2.36. The molecule has 0 saturated carbocycles. The second-order valence-corrected chi connectivity index (χ2v) is 7.11. The zero-order chi connectivity index (χ0) is 22.4. The van der Waals surface area contributed by atoms with Gasteiger partial charge in [-0.15, -0.1) is 0 Å². The first kappa shape index (κ1) is 22.0. The van der Waals surface area contributed by atoms with Gasteiger partial charge in [0.15, 0.2) is 6.61 Å². The van der Waals surface area contributed by atoms with Gasteiger partial charge in [-0.2, -0.15) is 0 Å². The van der Waals surface area contributed by atoms with Crippen molar-refractivity contribution < 1.29 is 28.7 Å². The van der Waals surface area contributed by atoms with Crippen LogP contribution in [0.3, 0.4) is 0 Å². The second kappa shape index (κ2) is 9.88. The van der Waals surface area contributed by atoms with E-state index in [-0.39, 0.29) is 18.9 Å². The molecule has 31 heavy (non-hydrogen) atoms. The maximum atomic E-state index is 12.4. The fraction of sp³-hybridized carbons (Fsp3) is 0.304. The standard InChI is InChI=1S/C23H24N2O6/c1-3-15-6-4-5-7-19(15)24-20(26)14-31-23(29)17-12-21(27)25(13-17)18-10-8-16(9-11-18)22(28)30-2/h4-11,17H,3,12-14H2,1-2H3,(H,24,26)/t17-/m1/s1. The third kappa shape index (κ3) is 5.28. The zero-order valence-corrected chi connectivity index (χ0v) is 17.4. The van der Waals surface area contributed by atoms with Crippen LogP contribution in [0.25, 0.3) is 0 Å². The van der Waals surface area contributed by atoms with Gasteiger partial charge >= 0.3 is 11.9 Å². The van der Waals surface area contributed by atoms with Gasteiger partial charge in [0.25, 0.3) is 5.91 Å². The van der Waals surface area contributed by atoms with Crippen molar-refractivity contribution in [3.8, 4) is 0 Å². The van der Waals surface area contributed by atoms with Crippen LogP contribution in [0.1, 0.15) is 29.3 Å². The summed E-state index contributed by atoms with van der Waals surface area (Å²) in [6.45, 7) is 1.71. The number of methoxy groups -OCH3 is 1. The molecule has 1 aliphatic rings. The Hall–Kier alpha value is -3.68. The quantitative estimate of drug-likeness (QED) is 0.686. The number of anilines is 2. The van der Waals surface area contributed by atoms with Gasteiger partial charge in [-0.1, -0.05) is 25.1 Å². The Balaban J connectivity index is 1.54. The predicted octanol–water partition coefficient (Wildman–Crippen LogP) is 2.57. The monoisotopic (exact) mass is 424 g/mol. The summed E-state index contributed by atoms with van der Waals surface area (Å²) in [7, 11) is 1.29. The fourth-order valence-electron chi connectivity index (χ4n) is 3.40. The molecule has 8 nitrogen and oxygen atoms in total. The van der Waals surface area contributed by atoms with E-state index in [0.717, 1.165) is 12.0 Å². The normalized spacial score (nSPS) is 15.5. The maximum absolute atomic E-state index is 12.4. The Morgan fingerprint density at radius 3 is 2.48 bits per heavy atom. The Morgan fingerprint density at radius 2 is 1.81 bits per heavy atom. The summed E-state index contributed by atoms with van der Waals surface area (Å²) in [6, 6.07) is 13.8. The number of nitrogens with zero attached hydrogens (tertiary/aromatic N) is 1. The molecule has 2 amide bonds. The average Bonchev–Trinajstić information content (AvgIpc) is 3.19. The van der Waals surface area contributed by atoms with E-state index in [0.29, 0.717) is 16.9 Å². The summed E-state index contributed by atoms with van der Waals surface area (Å²) in [5.74, 6) is -2.40. The molecule has 1 fully saturated rings. The molecule has 0 aromatic heterocycles. The van der Waals surface area contributed by atoms with Crippen molar-refractivity contribution in [2.24, 2.45) is 5.92 Å².